The van der Waals surface area contributed by atoms with Crippen LogP contribution in [0.2, 0.25) is 0 Å². The number of methoxy groups -OCH3 is 1. The van der Waals surface area contributed by atoms with Crippen molar-refractivity contribution in [2.24, 2.45) is 11.8 Å². The molecule has 0 heterocycles. The highest BCUT2D eigenvalue weighted by atomic mass is 16.5. The SMILES string of the molecule is CCCNC(CCc1ccc(OC)cc1)C1CC1C. The van der Waals surface area contributed by atoms with E-state index in [9.17, 15) is 0 Å². The van der Waals surface area contributed by atoms with E-state index < -0.39 is 0 Å². The Morgan fingerprint density at radius 2 is 2.00 bits per heavy atom. The summed E-state index contributed by atoms with van der Waals surface area (Å²) in [6.45, 7) is 5.76. The monoisotopic (exact) mass is 261 g/mol. The lowest BCUT2D eigenvalue weighted by Crippen LogP contribution is -2.32. The Bertz CT molecular complexity index is 373. The van der Waals surface area contributed by atoms with Crippen molar-refractivity contribution < 1.29 is 4.74 Å². The van der Waals surface area contributed by atoms with Crippen LogP contribution >= 0.6 is 0 Å². The van der Waals surface area contributed by atoms with Crippen LogP contribution in [0.3, 0.4) is 0 Å². The summed E-state index contributed by atoms with van der Waals surface area (Å²) in [6.07, 6.45) is 5.04. The van der Waals surface area contributed by atoms with Crippen LogP contribution in [-0.4, -0.2) is 19.7 Å². The number of ether oxygens (including phenoxy) is 1. The van der Waals surface area contributed by atoms with Crippen molar-refractivity contribution in [2.75, 3.05) is 13.7 Å². The molecule has 0 spiro atoms. The molecule has 3 unspecified atom stereocenters. The predicted molar refractivity (Wildman–Crippen MR) is 80.7 cm³/mol. The fourth-order valence-electron chi connectivity index (χ4n) is 2.82. The molecule has 1 aromatic rings. The first-order valence-electron chi connectivity index (χ1n) is 7.61. The van der Waals surface area contributed by atoms with Crippen molar-refractivity contribution in [3.05, 3.63) is 29.8 Å². The van der Waals surface area contributed by atoms with E-state index in [0.717, 1.165) is 30.6 Å². The third-order valence-electron chi connectivity index (χ3n) is 4.25. The summed E-state index contributed by atoms with van der Waals surface area (Å²) in [5.41, 5.74) is 1.41. The molecule has 0 amide bonds. The topological polar surface area (TPSA) is 21.3 Å². The molecule has 19 heavy (non-hydrogen) atoms. The van der Waals surface area contributed by atoms with Crippen molar-refractivity contribution in [1.29, 1.82) is 0 Å². The molecule has 0 saturated heterocycles. The largest absolute Gasteiger partial charge is 0.497 e. The van der Waals surface area contributed by atoms with Gasteiger partial charge in [-0.2, -0.15) is 0 Å². The first-order valence-corrected chi connectivity index (χ1v) is 7.61. The number of aryl methyl sites for hydroxylation is 1. The van der Waals surface area contributed by atoms with Crippen molar-refractivity contribution in [3.63, 3.8) is 0 Å². The van der Waals surface area contributed by atoms with Gasteiger partial charge in [-0.05, 0) is 61.8 Å². The van der Waals surface area contributed by atoms with E-state index in [-0.39, 0.29) is 0 Å². The summed E-state index contributed by atoms with van der Waals surface area (Å²) in [7, 11) is 1.72. The molecular weight excluding hydrogens is 234 g/mol. The normalized spacial score (nSPS) is 23.1. The quantitative estimate of drug-likeness (QED) is 0.771. The van der Waals surface area contributed by atoms with Gasteiger partial charge in [0.15, 0.2) is 0 Å². The van der Waals surface area contributed by atoms with Gasteiger partial charge in [-0.3, -0.25) is 0 Å². The molecule has 1 aliphatic carbocycles. The van der Waals surface area contributed by atoms with Gasteiger partial charge in [0.05, 0.1) is 7.11 Å². The molecule has 0 radical (unpaired) electrons. The Kier molecular flexibility index (Phi) is 5.26. The molecule has 0 aliphatic heterocycles. The summed E-state index contributed by atoms with van der Waals surface area (Å²) in [5, 5.41) is 3.73. The lowest BCUT2D eigenvalue weighted by molar-refractivity contribution is 0.413. The van der Waals surface area contributed by atoms with Gasteiger partial charge in [0.1, 0.15) is 5.75 Å². The molecule has 0 aromatic heterocycles. The summed E-state index contributed by atoms with van der Waals surface area (Å²) in [5.74, 6) is 2.77. The molecular formula is C17H27NO. The molecule has 106 valence electrons. The maximum Gasteiger partial charge on any atom is 0.118 e. The van der Waals surface area contributed by atoms with Gasteiger partial charge in [0.25, 0.3) is 0 Å². The van der Waals surface area contributed by atoms with Gasteiger partial charge in [0.2, 0.25) is 0 Å². The third kappa shape index (κ3) is 4.24. The van der Waals surface area contributed by atoms with Gasteiger partial charge in [-0.15, -0.1) is 0 Å². The minimum Gasteiger partial charge on any atom is -0.497 e. The van der Waals surface area contributed by atoms with E-state index in [4.69, 9.17) is 4.74 Å². The maximum absolute atomic E-state index is 5.20. The van der Waals surface area contributed by atoms with Gasteiger partial charge < -0.3 is 10.1 Å². The Morgan fingerprint density at radius 1 is 1.32 bits per heavy atom. The smallest absolute Gasteiger partial charge is 0.118 e. The summed E-state index contributed by atoms with van der Waals surface area (Å²) < 4.78 is 5.20. The van der Waals surface area contributed by atoms with Crippen LogP contribution in [0.15, 0.2) is 24.3 Å². The number of hydrogen-bond acceptors (Lipinski definition) is 2. The lowest BCUT2D eigenvalue weighted by Gasteiger charge is -2.18. The van der Waals surface area contributed by atoms with Crippen molar-refractivity contribution in [3.8, 4) is 5.75 Å². The Hall–Kier alpha value is -1.02. The van der Waals surface area contributed by atoms with Gasteiger partial charge >= 0.3 is 0 Å². The first-order chi connectivity index (χ1) is 9.24. The first kappa shape index (κ1) is 14.4. The maximum atomic E-state index is 5.20. The van der Waals surface area contributed by atoms with Crippen molar-refractivity contribution in [1.82, 2.24) is 5.32 Å². The van der Waals surface area contributed by atoms with Gasteiger partial charge in [-0.1, -0.05) is 26.0 Å². The molecule has 2 nitrogen and oxygen atoms in total. The summed E-state index contributed by atoms with van der Waals surface area (Å²) in [6, 6.07) is 9.20. The second kappa shape index (κ2) is 6.95. The van der Waals surface area contributed by atoms with Crippen molar-refractivity contribution in [2.45, 2.75) is 45.6 Å². The molecule has 1 saturated carbocycles. The second-order valence-electron chi connectivity index (χ2n) is 5.82. The van der Waals surface area contributed by atoms with E-state index >= 15 is 0 Å². The molecule has 1 N–H and O–H groups in total. The van der Waals surface area contributed by atoms with E-state index in [1.54, 1.807) is 7.11 Å². The highest BCUT2D eigenvalue weighted by Gasteiger charge is 2.38. The van der Waals surface area contributed by atoms with E-state index in [1.807, 2.05) is 0 Å². The second-order valence-corrected chi connectivity index (χ2v) is 5.82. The molecule has 2 rings (SSSR count). The zero-order valence-electron chi connectivity index (χ0n) is 12.5. The molecule has 0 bridgehead atoms. The average Bonchev–Trinajstić information content (AvgIpc) is 3.16. The van der Waals surface area contributed by atoms with Crippen LogP contribution in [0.1, 0.15) is 38.7 Å². The highest BCUT2D eigenvalue weighted by Crippen LogP contribution is 2.41. The highest BCUT2D eigenvalue weighted by molar-refractivity contribution is 5.27. The number of hydrogen-bond donors (Lipinski definition) is 1. The van der Waals surface area contributed by atoms with Crippen LogP contribution < -0.4 is 10.1 Å². The van der Waals surface area contributed by atoms with E-state index in [2.05, 4.69) is 43.4 Å². The molecule has 2 heteroatoms. The summed E-state index contributed by atoms with van der Waals surface area (Å²) >= 11 is 0. The molecule has 1 fully saturated rings. The number of rotatable bonds is 8. The predicted octanol–water partition coefficient (Wildman–Crippen LogP) is 3.65. The van der Waals surface area contributed by atoms with Gasteiger partial charge in [0, 0.05) is 6.04 Å². The van der Waals surface area contributed by atoms with Crippen LogP contribution in [0.4, 0.5) is 0 Å². The zero-order chi connectivity index (χ0) is 13.7. The number of nitrogens with one attached hydrogen (secondary N) is 1. The van der Waals surface area contributed by atoms with E-state index in [1.165, 1.54) is 24.8 Å². The number of benzene rings is 1. The van der Waals surface area contributed by atoms with Crippen LogP contribution in [0, 0.1) is 11.8 Å². The molecule has 1 aromatic carbocycles. The Morgan fingerprint density at radius 3 is 2.53 bits per heavy atom. The zero-order valence-corrected chi connectivity index (χ0v) is 12.5. The Balaban J connectivity index is 1.83. The van der Waals surface area contributed by atoms with Gasteiger partial charge in [-0.25, -0.2) is 0 Å². The fourth-order valence-corrected chi connectivity index (χ4v) is 2.82. The van der Waals surface area contributed by atoms with E-state index in [0.29, 0.717) is 6.04 Å². The Labute approximate surface area is 117 Å². The van der Waals surface area contributed by atoms with Crippen LogP contribution in [-0.2, 0) is 6.42 Å². The minimum atomic E-state index is 0.706. The average molecular weight is 261 g/mol. The van der Waals surface area contributed by atoms with Crippen molar-refractivity contribution >= 4 is 0 Å². The lowest BCUT2D eigenvalue weighted by atomic mass is 10.0. The minimum absolute atomic E-state index is 0.706. The third-order valence-corrected chi connectivity index (χ3v) is 4.25. The summed E-state index contributed by atoms with van der Waals surface area (Å²) in [4.78, 5) is 0. The molecule has 1 aliphatic rings. The standard InChI is InChI=1S/C17H27NO/c1-4-11-18-17(16-12-13(16)2)10-7-14-5-8-15(19-3)9-6-14/h5-6,8-9,13,16-18H,4,7,10-12H2,1-3H3. The fraction of sp³-hybridized carbons (Fsp3) is 0.647. The van der Waals surface area contributed by atoms with Crippen LogP contribution in [0.25, 0.3) is 0 Å². The van der Waals surface area contributed by atoms with Crippen LogP contribution in [0.5, 0.6) is 5.75 Å². The molecule has 3 atom stereocenters.